The predicted octanol–water partition coefficient (Wildman–Crippen LogP) is 6.07. The Morgan fingerprint density at radius 3 is 2.26 bits per heavy atom. The summed E-state index contributed by atoms with van der Waals surface area (Å²) in [5.74, 6) is 2.40. The van der Waals surface area contributed by atoms with Crippen LogP contribution in [0.3, 0.4) is 0 Å². The van der Waals surface area contributed by atoms with Crippen molar-refractivity contribution in [2.75, 3.05) is 47.4 Å². The molecule has 1 heterocycles. The number of nitrogens with zero attached hydrogens (tertiary/aromatic N) is 1. The standard InChI is InChI=1S/C39H49N3O8/c1-9-22(2)36(39(45)42-18-10-11-31(42)27-14-13-25(46-4)20-33(27)47-5)41-30-17-15-26-28(21-32(30)44)29(40-23(3)43)16-12-24-19-34(48-6)37(49-7)38(50-8)35(24)26/h13-15,17,19-22,29,31,36H,9-12,16,18H2,1-8H3,(H,40,43)(H,41,44)/t22-,29+,31+,36+/m1/s1. The number of hydrogen-bond acceptors (Lipinski definition) is 9. The van der Waals surface area contributed by atoms with Crippen LogP contribution in [0.25, 0.3) is 11.1 Å². The highest BCUT2D eigenvalue weighted by Crippen LogP contribution is 2.50. The molecule has 2 aliphatic rings. The van der Waals surface area contributed by atoms with Gasteiger partial charge in [-0.05, 0) is 78.6 Å². The lowest BCUT2D eigenvalue weighted by Crippen LogP contribution is -2.46. The van der Waals surface area contributed by atoms with Crippen molar-refractivity contribution in [2.24, 2.45) is 5.92 Å². The Morgan fingerprint density at radius 2 is 1.62 bits per heavy atom. The zero-order chi connectivity index (χ0) is 36.1. The molecule has 2 amide bonds. The van der Waals surface area contributed by atoms with Gasteiger partial charge in [-0.25, -0.2) is 0 Å². The molecule has 1 aliphatic carbocycles. The number of carbonyl (C=O) groups is 2. The number of rotatable bonds is 12. The smallest absolute Gasteiger partial charge is 0.245 e. The van der Waals surface area contributed by atoms with Crippen LogP contribution in [-0.2, 0) is 16.0 Å². The van der Waals surface area contributed by atoms with E-state index >= 15 is 0 Å². The van der Waals surface area contributed by atoms with Crippen molar-refractivity contribution < 1.29 is 33.3 Å². The second kappa shape index (κ2) is 15.7. The Balaban J connectivity index is 1.60. The summed E-state index contributed by atoms with van der Waals surface area (Å²) in [4.78, 5) is 42.9. The lowest BCUT2D eigenvalue weighted by molar-refractivity contribution is -0.134. The molecule has 5 rings (SSSR count). The van der Waals surface area contributed by atoms with Crippen molar-refractivity contribution >= 4 is 17.5 Å². The summed E-state index contributed by atoms with van der Waals surface area (Å²) >= 11 is 0. The summed E-state index contributed by atoms with van der Waals surface area (Å²) in [6, 6.07) is 11.5. The number of amides is 2. The number of ether oxygens (including phenoxy) is 5. The molecule has 11 heteroatoms. The Labute approximate surface area is 294 Å². The van der Waals surface area contributed by atoms with Crippen LogP contribution in [0.1, 0.15) is 75.2 Å². The van der Waals surface area contributed by atoms with Gasteiger partial charge in [-0.3, -0.25) is 14.4 Å². The molecule has 11 nitrogen and oxygen atoms in total. The molecule has 0 bridgehead atoms. The summed E-state index contributed by atoms with van der Waals surface area (Å²) in [6.07, 6.45) is 3.49. The second-order valence-electron chi connectivity index (χ2n) is 12.9. The SMILES string of the molecule is CC[C@@H](C)[C@H](Nc1ccc2c(cc1=O)[C@@H](NC(C)=O)CCc1cc(OC)c(OC)c(OC)c1-2)C(=O)N1CCC[C@H]1c1ccc(OC)cc1OC. The molecule has 0 saturated carbocycles. The average Bonchev–Trinajstić information content (AvgIpc) is 3.50. The van der Waals surface area contributed by atoms with E-state index in [1.54, 1.807) is 47.7 Å². The summed E-state index contributed by atoms with van der Waals surface area (Å²) in [6.45, 7) is 6.11. The molecule has 0 radical (unpaired) electrons. The van der Waals surface area contributed by atoms with Crippen LogP contribution >= 0.6 is 0 Å². The molecule has 3 aromatic rings. The Bertz CT molecular complexity index is 1790. The van der Waals surface area contributed by atoms with Crippen molar-refractivity contribution in [1.82, 2.24) is 10.2 Å². The third-order valence-corrected chi connectivity index (χ3v) is 10.0. The van der Waals surface area contributed by atoms with Gasteiger partial charge in [0.25, 0.3) is 0 Å². The molecule has 1 saturated heterocycles. The first-order chi connectivity index (χ1) is 24.1. The lowest BCUT2D eigenvalue weighted by atomic mass is 9.95. The van der Waals surface area contributed by atoms with Crippen molar-refractivity contribution in [3.05, 3.63) is 69.4 Å². The largest absolute Gasteiger partial charge is 0.497 e. The molecule has 0 unspecified atom stereocenters. The number of methoxy groups -OCH3 is 5. The monoisotopic (exact) mass is 687 g/mol. The number of hydrogen-bond donors (Lipinski definition) is 2. The number of benzene rings is 2. The second-order valence-corrected chi connectivity index (χ2v) is 12.9. The van der Waals surface area contributed by atoms with Crippen LogP contribution in [0.4, 0.5) is 5.69 Å². The number of carbonyl (C=O) groups excluding carboxylic acids is 2. The minimum Gasteiger partial charge on any atom is -0.497 e. The van der Waals surface area contributed by atoms with E-state index in [4.69, 9.17) is 23.7 Å². The van der Waals surface area contributed by atoms with Gasteiger partial charge in [0.15, 0.2) is 11.5 Å². The van der Waals surface area contributed by atoms with E-state index in [0.717, 1.165) is 35.1 Å². The highest BCUT2D eigenvalue weighted by atomic mass is 16.5. The average molecular weight is 688 g/mol. The highest BCUT2D eigenvalue weighted by molar-refractivity contribution is 5.87. The third kappa shape index (κ3) is 7.04. The van der Waals surface area contributed by atoms with Crippen LogP contribution in [0, 0.1) is 5.92 Å². The summed E-state index contributed by atoms with van der Waals surface area (Å²) in [5.41, 5.74) is 3.99. The topological polar surface area (TPSA) is 125 Å². The van der Waals surface area contributed by atoms with Crippen LogP contribution in [0.2, 0.25) is 0 Å². The lowest BCUT2D eigenvalue weighted by Gasteiger charge is -2.33. The molecule has 0 aromatic heterocycles. The maximum absolute atomic E-state index is 14.5. The number of aryl methyl sites for hydroxylation is 1. The molecule has 2 N–H and O–H groups in total. The number of anilines is 1. The van der Waals surface area contributed by atoms with Gasteiger partial charge in [0.2, 0.25) is 23.0 Å². The Hall–Kier alpha value is -4.93. The van der Waals surface area contributed by atoms with E-state index in [9.17, 15) is 14.4 Å². The van der Waals surface area contributed by atoms with Gasteiger partial charge in [0, 0.05) is 30.7 Å². The fraction of sp³-hybridized carbons (Fsp3) is 0.462. The zero-order valence-electron chi connectivity index (χ0n) is 30.3. The van der Waals surface area contributed by atoms with Gasteiger partial charge in [-0.2, -0.15) is 0 Å². The van der Waals surface area contributed by atoms with Gasteiger partial charge >= 0.3 is 0 Å². The van der Waals surface area contributed by atoms with Crippen molar-refractivity contribution in [3.8, 4) is 39.9 Å². The van der Waals surface area contributed by atoms with Gasteiger partial charge in [-0.15, -0.1) is 0 Å². The first-order valence-corrected chi connectivity index (χ1v) is 17.2. The van der Waals surface area contributed by atoms with E-state index < -0.39 is 12.1 Å². The maximum atomic E-state index is 14.5. The molecule has 268 valence electrons. The fourth-order valence-electron chi connectivity index (χ4n) is 7.30. The van der Waals surface area contributed by atoms with E-state index in [0.29, 0.717) is 60.1 Å². The number of likely N-dealkylation sites (tertiary alicyclic amines) is 1. The highest BCUT2D eigenvalue weighted by Gasteiger charge is 2.38. The van der Waals surface area contributed by atoms with E-state index in [1.165, 1.54) is 6.92 Å². The molecule has 50 heavy (non-hydrogen) atoms. The first-order valence-electron chi connectivity index (χ1n) is 17.2. The van der Waals surface area contributed by atoms with Crippen molar-refractivity contribution in [3.63, 3.8) is 0 Å². The first kappa shape index (κ1) is 36.4. The van der Waals surface area contributed by atoms with Gasteiger partial charge in [-0.1, -0.05) is 26.3 Å². The van der Waals surface area contributed by atoms with Crippen LogP contribution in [0.15, 0.2) is 47.3 Å². The number of fused-ring (bicyclic) bond motifs is 3. The molecule has 4 atom stereocenters. The van der Waals surface area contributed by atoms with Gasteiger partial charge < -0.3 is 39.2 Å². The minimum atomic E-state index is -0.669. The fourth-order valence-corrected chi connectivity index (χ4v) is 7.30. The molecule has 3 aromatic carbocycles. The molecular weight excluding hydrogens is 638 g/mol. The summed E-state index contributed by atoms with van der Waals surface area (Å²) < 4.78 is 28.4. The van der Waals surface area contributed by atoms with Crippen molar-refractivity contribution in [1.29, 1.82) is 0 Å². The van der Waals surface area contributed by atoms with Crippen LogP contribution in [-0.4, -0.2) is 64.8 Å². The Kier molecular flexibility index (Phi) is 11.4. The molecule has 1 aliphatic heterocycles. The minimum absolute atomic E-state index is 0.0767. The maximum Gasteiger partial charge on any atom is 0.245 e. The van der Waals surface area contributed by atoms with E-state index in [1.807, 2.05) is 49.1 Å². The molecular formula is C39H49N3O8. The van der Waals surface area contributed by atoms with E-state index in [-0.39, 0.29) is 34.9 Å². The Morgan fingerprint density at radius 1 is 0.880 bits per heavy atom. The van der Waals surface area contributed by atoms with Crippen LogP contribution < -0.4 is 39.7 Å². The van der Waals surface area contributed by atoms with Crippen LogP contribution in [0.5, 0.6) is 28.7 Å². The normalized spacial score (nSPS) is 17.7. The summed E-state index contributed by atoms with van der Waals surface area (Å²) in [5, 5.41) is 6.43. The van der Waals surface area contributed by atoms with Gasteiger partial charge in [0.1, 0.15) is 17.5 Å². The van der Waals surface area contributed by atoms with Crippen molar-refractivity contribution in [2.45, 2.75) is 71.0 Å². The third-order valence-electron chi connectivity index (χ3n) is 10.0. The van der Waals surface area contributed by atoms with E-state index in [2.05, 4.69) is 10.6 Å². The number of nitrogens with one attached hydrogen (secondary N) is 2. The van der Waals surface area contributed by atoms with Gasteiger partial charge in [0.05, 0.1) is 53.3 Å². The molecule has 1 fully saturated rings. The summed E-state index contributed by atoms with van der Waals surface area (Å²) in [7, 11) is 7.92. The predicted molar refractivity (Wildman–Crippen MR) is 193 cm³/mol. The molecule has 0 spiro atoms. The zero-order valence-corrected chi connectivity index (χ0v) is 30.3. The quantitative estimate of drug-likeness (QED) is 0.234.